The molecule has 1 atom stereocenters. The molecule has 3 rings (SSSR count). The zero-order chi connectivity index (χ0) is 17.4. The lowest BCUT2D eigenvalue weighted by atomic mass is 10.2. The fourth-order valence-corrected chi connectivity index (χ4v) is 5.25. The van der Waals surface area contributed by atoms with Crippen molar-refractivity contribution in [3.63, 3.8) is 0 Å². The molecular weight excluding hydrogens is 356 g/mol. The summed E-state index contributed by atoms with van der Waals surface area (Å²) in [6.07, 6.45) is 1.55. The van der Waals surface area contributed by atoms with E-state index in [4.69, 9.17) is 4.74 Å². The lowest BCUT2D eigenvalue weighted by molar-refractivity contribution is -0.116. The number of nitrogens with zero attached hydrogens (tertiary/aromatic N) is 1. The van der Waals surface area contributed by atoms with Crippen LogP contribution < -0.4 is 9.03 Å². The van der Waals surface area contributed by atoms with Gasteiger partial charge in [0.15, 0.2) is 0 Å². The van der Waals surface area contributed by atoms with E-state index in [9.17, 15) is 21.6 Å². The summed E-state index contributed by atoms with van der Waals surface area (Å²) < 4.78 is 56.8. The van der Waals surface area contributed by atoms with Crippen LogP contribution in [0.2, 0.25) is 0 Å². The second kappa shape index (κ2) is 6.43. The minimum Gasteiger partial charge on any atom is -0.377 e. The zero-order valence-corrected chi connectivity index (χ0v) is 14.5. The van der Waals surface area contributed by atoms with Gasteiger partial charge in [0.2, 0.25) is 26.0 Å². The maximum atomic E-state index is 12.2. The highest BCUT2D eigenvalue weighted by Crippen LogP contribution is 2.26. The zero-order valence-electron chi connectivity index (χ0n) is 12.8. The van der Waals surface area contributed by atoms with Gasteiger partial charge in [-0.05, 0) is 37.1 Å². The van der Waals surface area contributed by atoms with Crippen molar-refractivity contribution in [2.45, 2.75) is 30.3 Å². The van der Waals surface area contributed by atoms with Crippen molar-refractivity contribution in [2.24, 2.45) is 0 Å². The molecule has 24 heavy (non-hydrogen) atoms. The van der Waals surface area contributed by atoms with Crippen molar-refractivity contribution in [1.29, 1.82) is 0 Å². The number of hydrogen-bond acceptors (Lipinski definition) is 6. The number of benzene rings is 1. The van der Waals surface area contributed by atoms with E-state index in [1.54, 1.807) is 0 Å². The topological polar surface area (TPSA) is 110 Å². The summed E-state index contributed by atoms with van der Waals surface area (Å²) in [5.74, 6) is -0.739. The number of ether oxygens (including phenoxy) is 1. The molecule has 1 N–H and O–H groups in total. The van der Waals surface area contributed by atoms with Gasteiger partial charge in [-0.1, -0.05) is 0 Å². The van der Waals surface area contributed by atoms with Gasteiger partial charge in [0.25, 0.3) is 0 Å². The van der Waals surface area contributed by atoms with Crippen LogP contribution in [0.4, 0.5) is 5.69 Å². The first-order valence-electron chi connectivity index (χ1n) is 7.57. The van der Waals surface area contributed by atoms with Gasteiger partial charge in [-0.2, -0.15) is 0 Å². The highest BCUT2D eigenvalue weighted by atomic mass is 32.2. The number of carbonyl (C=O) groups is 1. The third-order valence-electron chi connectivity index (χ3n) is 3.99. The molecule has 0 aliphatic carbocycles. The van der Waals surface area contributed by atoms with Crippen molar-refractivity contribution in [1.82, 2.24) is 4.72 Å². The Morgan fingerprint density at radius 2 is 1.96 bits per heavy atom. The maximum absolute atomic E-state index is 12.2. The molecule has 1 aromatic carbocycles. The van der Waals surface area contributed by atoms with Crippen molar-refractivity contribution >= 4 is 31.6 Å². The van der Waals surface area contributed by atoms with E-state index in [1.165, 1.54) is 24.3 Å². The summed E-state index contributed by atoms with van der Waals surface area (Å²) in [5, 5.41) is 0. The van der Waals surface area contributed by atoms with E-state index in [0.29, 0.717) is 6.61 Å². The molecule has 0 radical (unpaired) electrons. The molecule has 0 bridgehead atoms. The molecule has 2 saturated heterocycles. The number of rotatable bonds is 5. The summed E-state index contributed by atoms with van der Waals surface area (Å²) >= 11 is 0. The monoisotopic (exact) mass is 374 g/mol. The molecule has 8 nitrogen and oxygen atoms in total. The predicted octanol–water partition coefficient (Wildman–Crippen LogP) is 0.210. The summed E-state index contributed by atoms with van der Waals surface area (Å²) in [7, 11) is -7.37. The summed E-state index contributed by atoms with van der Waals surface area (Å²) in [5.41, 5.74) is 0.149. The molecule has 0 saturated carbocycles. The van der Waals surface area contributed by atoms with Gasteiger partial charge in [-0.3, -0.25) is 4.79 Å². The largest absolute Gasteiger partial charge is 0.377 e. The first-order chi connectivity index (χ1) is 11.3. The minimum atomic E-state index is -3.71. The van der Waals surface area contributed by atoms with Gasteiger partial charge in [0.05, 0.1) is 22.4 Å². The van der Waals surface area contributed by atoms with Crippen LogP contribution in [-0.2, 0) is 29.6 Å². The van der Waals surface area contributed by atoms with Gasteiger partial charge in [0.1, 0.15) is 0 Å². The van der Waals surface area contributed by atoms with E-state index in [-0.39, 0.29) is 35.4 Å². The molecule has 2 fully saturated rings. The van der Waals surface area contributed by atoms with Crippen molar-refractivity contribution in [2.75, 3.05) is 23.2 Å². The summed E-state index contributed by atoms with van der Waals surface area (Å²) in [4.78, 5) is 11.7. The molecular formula is C14H18N2O6S2. The van der Waals surface area contributed by atoms with E-state index in [2.05, 4.69) is 4.72 Å². The normalized spacial score (nSPS) is 23.8. The van der Waals surface area contributed by atoms with Crippen molar-refractivity contribution < 1.29 is 26.4 Å². The smallest absolute Gasteiger partial charge is 0.242 e. The molecule has 0 spiro atoms. The Hall–Kier alpha value is -1.49. The SMILES string of the molecule is O=C1CCS(=O)(=O)N1c1ccc(S(=O)(=O)NCC2CCCO2)cc1. The van der Waals surface area contributed by atoms with E-state index in [0.717, 1.165) is 17.1 Å². The van der Waals surface area contributed by atoms with Crippen molar-refractivity contribution in [3.05, 3.63) is 24.3 Å². The molecule has 1 aromatic rings. The molecule has 132 valence electrons. The Bertz CT molecular complexity index is 827. The summed E-state index contributed by atoms with van der Waals surface area (Å²) in [6.45, 7) is 0.836. The number of carbonyl (C=O) groups excluding carboxylic acids is 1. The fourth-order valence-electron chi connectivity index (χ4n) is 2.72. The van der Waals surface area contributed by atoms with Crippen LogP contribution in [0.5, 0.6) is 0 Å². The first kappa shape index (κ1) is 17.3. The fraction of sp³-hybridized carbons (Fsp3) is 0.500. The molecule has 2 aliphatic rings. The van der Waals surface area contributed by atoms with Crippen LogP contribution in [0, 0.1) is 0 Å². The summed E-state index contributed by atoms with van der Waals surface area (Å²) in [6, 6.07) is 5.21. The number of anilines is 1. The quantitative estimate of drug-likeness (QED) is 0.789. The van der Waals surface area contributed by atoms with E-state index in [1.807, 2.05) is 0 Å². The van der Waals surface area contributed by atoms with Crippen LogP contribution in [0.3, 0.4) is 0 Å². The molecule has 0 aromatic heterocycles. The molecule has 2 heterocycles. The number of amides is 1. The molecule has 1 unspecified atom stereocenters. The second-order valence-corrected chi connectivity index (χ2v) is 9.41. The Kier molecular flexibility index (Phi) is 4.65. The number of sulfonamides is 2. The Morgan fingerprint density at radius 1 is 1.25 bits per heavy atom. The Labute approximate surface area is 140 Å². The van der Waals surface area contributed by atoms with Crippen molar-refractivity contribution in [3.8, 4) is 0 Å². The molecule has 1 amide bonds. The second-order valence-electron chi connectivity index (χ2n) is 5.70. The van der Waals surface area contributed by atoms with Gasteiger partial charge >= 0.3 is 0 Å². The third kappa shape index (κ3) is 3.46. The van der Waals surface area contributed by atoms with E-state index < -0.39 is 26.0 Å². The van der Waals surface area contributed by atoms with Gasteiger partial charge in [-0.25, -0.2) is 25.9 Å². The van der Waals surface area contributed by atoms with Crippen LogP contribution in [0.25, 0.3) is 0 Å². The van der Waals surface area contributed by atoms with Crippen LogP contribution in [0.1, 0.15) is 19.3 Å². The molecule has 2 aliphatic heterocycles. The van der Waals surface area contributed by atoms with Crippen LogP contribution >= 0.6 is 0 Å². The first-order valence-corrected chi connectivity index (χ1v) is 10.7. The lowest BCUT2D eigenvalue weighted by Gasteiger charge is -2.16. The maximum Gasteiger partial charge on any atom is 0.242 e. The highest BCUT2D eigenvalue weighted by molar-refractivity contribution is 7.94. The van der Waals surface area contributed by atoms with Gasteiger partial charge in [0, 0.05) is 19.6 Å². The minimum absolute atomic E-state index is 0.00768. The van der Waals surface area contributed by atoms with Gasteiger partial charge < -0.3 is 4.74 Å². The average Bonchev–Trinajstić information content (AvgIpc) is 3.14. The Morgan fingerprint density at radius 3 is 2.50 bits per heavy atom. The lowest BCUT2D eigenvalue weighted by Crippen LogP contribution is -2.32. The molecule has 10 heteroatoms. The average molecular weight is 374 g/mol. The van der Waals surface area contributed by atoms with E-state index >= 15 is 0 Å². The third-order valence-corrected chi connectivity index (χ3v) is 7.12. The van der Waals surface area contributed by atoms with Crippen LogP contribution in [0.15, 0.2) is 29.2 Å². The predicted molar refractivity (Wildman–Crippen MR) is 86.5 cm³/mol. The van der Waals surface area contributed by atoms with Crippen LogP contribution in [-0.4, -0.2) is 47.8 Å². The Balaban J connectivity index is 1.75. The standard InChI is InChI=1S/C14H18N2O6S2/c17-14-7-9-23(18,19)16(14)11-3-5-13(6-4-11)24(20,21)15-10-12-2-1-8-22-12/h3-6,12,15H,1-2,7-10H2. The number of nitrogens with one attached hydrogen (secondary N) is 1. The number of hydrogen-bond donors (Lipinski definition) is 1. The van der Waals surface area contributed by atoms with Gasteiger partial charge in [-0.15, -0.1) is 0 Å². The highest BCUT2D eigenvalue weighted by Gasteiger charge is 2.36.